The molecular formula is C16H24N2O. The minimum absolute atomic E-state index is 0.182. The Bertz CT molecular complexity index is 410. The number of amides is 1. The van der Waals surface area contributed by atoms with Crippen LogP contribution in [-0.4, -0.2) is 25.0 Å². The molecule has 1 aliphatic rings. The second-order valence-corrected chi connectivity index (χ2v) is 5.87. The summed E-state index contributed by atoms with van der Waals surface area (Å²) in [5.74, 6) is 0.206. The number of nitrogens with one attached hydrogen (secondary N) is 2. The van der Waals surface area contributed by atoms with Gasteiger partial charge in [-0.2, -0.15) is 0 Å². The molecule has 0 saturated carbocycles. The van der Waals surface area contributed by atoms with E-state index >= 15 is 0 Å². The van der Waals surface area contributed by atoms with Crippen LogP contribution in [0.5, 0.6) is 0 Å². The largest absolute Gasteiger partial charge is 0.353 e. The molecule has 104 valence electrons. The second kappa shape index (κ2) is 6.20. The van der Waals surface area contributed by atoms with Crippen LogP contribution < -0.4 is 10.6 Å². The molecule has 1 aromatic carbocycles. The zero-order valence-electron chi connectivity index (χ0n) is 11.9. The van der Waals surface area contributed by atoms with Crippen molar-refractivity contribution < 1.29 is 4.79 Å². The van der Waals surface area contributed by atoms with Gasteiger partial charge in [0.25, 0.3) is 0 Å². The fourth-order valence-corrected chi connectivity index (χ4v) is 2.62. The Kier molecular flexibility index (Phi) is 4.59. The normalized spacial score (nSPS) is 19.7. The van der Waals surface area contributed by atoms with Crippen LogP contribution >= 0.6 is 0 Å². The molecule has 1 amide bonds. The van der Waals surface area contributed by atoms with Crippen LogP contribution in [0.1, 0.15) is 32.3 Å². The zero-order chi connectivity index (χ0) is 13.7. The highest BCUT2D eigenvalue weighted by Gasteiger charge is 2.34. The van der Waals surface area contributed by atoms with E-state index in [1.165, 1.54) is 5.56 Å². The van der Waals surface area contributed by atoms with E-state index in [1.54, 1.807) is 0 Å². The van der Waals surface area contributed by atoms with E-state index in [0.29, 0.717) is 0 Å². The Labute approximate surface area is 115 Å². The Morgan fingerprint density at radius 1 is 1.32 bits per heavy atom. The number of rotatable bonds is 4. The second-order valence-electron chi connectivity index (χ2n) is 5.87. The minimum atomic E-state index is -0.198. The third kappa shape index (κ3) is 3.80. The molecule has 0 spiro atoms. The van der Waals surface area contributed by atoms with Crippen LogP contribution in [0.4, 0.5) is 0 Å². The minimum Gasteiger partial charge on any atom is -0.353 e. The first-order valence-corrected chi connectivity index (χ1v) is 7.16. The summed E-state index contributed by atoms with van der Waals surface area (Å²) in [6, 6.07) is 10.5. The first-order valence-electron chi connectivity index (χ1n) is 7.16. The van der Waals surface area contributed by atoms with Crippen molar-refractivity contribution in [2.75, 3.05) is 13.1 Å². The molecule has 0 aliphatic carbocycles. The number of carbonyl (C=O) groups excluding carboxylic acids is 1. The van der Waals surface area contributed by atoms with E-state index in [9.17, 15) is 4.79 Å². The van der Waals surface area contributed by atoms with E-state index in [4.69, 9.17) is 0 Å². The monoisotopic (exact) mass is 260 g/mol. The van der Waals surface area contributed by atoms with Gasteiger partial charge in [-0.25, -0.2) is 0 Å². The molecule has 0 radical (unpaired) electrons. The molecule has 0 aromatic heterocycles. The number of hydrogen-bond acceptors (Lipinski definition) is 2. The zero-order valence-corrected chi connectivity index (χ0v) is 11.9. The molecule has 1 aliphatic heterocycles. The number of hydrogen-bond donors (Lipinski definition) is 2. The summed E-state index contributed by atoms with van der Waals surface area (Å²) < 4.78 is 0. The summed E-state index contributed by atoms with van der Waals surface area (Å²) in [7, 11) is 0. The molecule has 2 rings (SSSR count). The maximum Gasteiger partial charge on any atom is 0.226 e. The van der Waals surface area contributed by atoms with Crippen LogP contribution in [0, 0.1) is 5.41 Å². The highest BCUT2D eigenvalue weighted by Crippen LogP contribution is 2.28. The van der Waals surface area contributed by atoms with Crippen molar-refractivity contribution in [1.29, 1.82) is 0 Å². The number of benzene rings is 1. The Balaban J connectivity index is 1.88. The smallest absolute Gasteiger partial charge is 0.226 e. The lowest BCUT2D eigenvalue weighted by Crippen LogP contribution is -2.48. The van der Waals surface area contributed by atoms with Crippen molar-refractivity contribution in [2.45, 2.75) is 39.2 Å². The maximum absolute atomic E-state index is 12.4. The van der Waals surface area contributed by atoms with Crippen LogP contribution in [0.3, 0.4) is 0 Å². The van der Waals surface area contributed by atoms with Gasteiger partial charge in [0.15, 0.2) is 0 Å². The first kappa shape index (κ1) is 14.1. The highest BCUT2D eigenvalue weighted by atomic mass is 16.2. The molecule has 1 fully saturated rings. The lowest BCUT2D eigenvalue weighted by molar-refractivity contribution is -0.132. The van der Waals surface area contributed by atoms with Gasteiger partial charge in [0, 0.05) is 11.5 Å². The van der Waals surface area contributed by atoms with Gasteiger partial charge in [0.1, 0.15) is 0 Å². The molecule has 1 heterocycles. The topological polar surface area (TPSA) is 41.1 Å². The van der Waals surface area contributed by atoms with E-state index in [-0.39, 0.29) is 17.4 Å². The van der Waals surface area contributed by atoms with E-state index < -0.39 is 0 Å². The first-order chi connectivity index (χ1) is 9.10. The third-order valence-corrected chi connectivity index (χ3v) is 4.02. The Hall–Kier alpha value is -1.35. The SMILES string of the molecule is CC(Cc1ccccc1)NC(=O)C1(C)CCNCC1. The summed E-state index contributed by atoms with van der Waals surface area (Å²) in [6.45, 7) is 6.04. The molecule has 0 bridgehead atoms. The van der Waals surface area contributed by atoms with Gasteiger partial charge < -0.3 is 10.6 Å². The summed E-state index contributed by atoms with van der Waals surface area (Å²) in [5, 5.41) is 6.48. The van der Waals surface area contributed by atoms with Crippen LogP contribution in [0.25, 0.3) is 0 Å². The Morgan fingerprint density at radius 3 is 2.58 bits per heavy atom. The lowest BCUT2D eigenvalue weighted by Gasteiger charge is -2.33. The van der Waals surface area contributed by atoms with Gasteiger partial charge in [-0.1, -0.05) is 37.3 Å². The van der Waals surface area contributed by atoms with Crippen molar-refractivity contribution in [1.82, 2.24) is 10.6 Å². The van der Waals surface area contributed by atoms with Crippen LogP contribution in [-0.2, 0) is 11.2 Å². The van der Waals surface area contributed by atoms with Crippen molar-refractivity contribution in [3.05, 3.63) is 35.9 Å². The standard InChI is InChI=1S/C16H24N2O/c1-13(12-14-6-4-3-5-7-14)18-15(19)16(2)8-10-17-11-9-16/h3-7,13,17H,8-12H2,1-2H3,(H,18,19). The molecule has 3 nitrogen and oxygen atoms in total. The molecule has 1 atom stereocenters. The molecule has 1 saturated heterocycles. The van der Waals surface area contributed by atoms with Gasteiger partial charge in [0.2, 0.25) is 5.91 Å². The van der Waals surface area contributed by atoms with E-state index in [1.807, 2.05) is 18.2 Å². The molecular weight excluding hydrogens is 236 g/mol. The summed E-state index contributed by atoms with van der Waals surface area (Å²) >= 11 is 0. The Morgan fingerprint density at radius 2 is 1.95 bits per heavy atom. The average molecular weight is 260 g/mol. The van der Waals surface area contributed by atoms with Crippen molar-refractivity contribution >= 4 is 5.91 Å². The van der Waals surface area contributed by atoms with Crippen molar-refractivity contribution in [3.63, 3.8) is 0 Å². The molecule has 1 aromatic rings. The van der Waals surface area contributed by atoms with Gasteiger partial charge in [0.05, 0.1) is 0 Å². The molecule has 2 N–H and O–H groups in total. The summed E-state index contributed by atoms with van der Waals surface area (Å²) in [4.78, 5) is 12.4. The molecule has 19 heavy (non-hydrogen) atoms. The van der Waals surface area contributed by atoms with Crippen LogP contribution in [0.2, 0.25) is 0 Å². The van der Waals surface area contributed by atoms with Crippen LogP contribution in [0.15, 0.2) is 30.3 Å². The average Bonchev–Trinajstić information content (AvgIpc) is 2.40. The summed E-state index contributed by atoms with van der Waals surface area (Å²) in [5.41, 5.74) is 1.07. The maximum atomic E-state index is 12.4. The quantitative estimate of drug-likeness (QED) is 0.870. The van der Waals surface area contributed by atoms with Crippen molar-refractivity contribution in [3.8, 4) is 0 Å². The predicted molar refractivity (Wildman–Crippen MR) is 78.0 cm³/mol. The fourth-order valence-electron chi connectivity index (χ4n) is 2.62. The number of piperidine rings is 1. The van der Waals surface area contributed by atoms with Gasteiger partial charge in [-0.15, -0.1) is 0 Å². The molecule has 1 unspecified atom stereocenters. The van der Waals surface area contributed by atoms with E-state index in [2.05, 4.69) is 36.6 Å². The third-order valence-electron chi connectivity index (χ3n) is 4.02. The van der Waals surface area contributed by atoms with Gasteiger partial charge in [-0.3, -0.25) is 4.79 Å². The van der Waals surface area contributed by atoms with Gasteiger partial charge >= 0.3 is 0 Å². The van der Waals surface area contributed by atoms with E-state index in [0.717, 1.165) is 32.4 Å². The summed E-state index contributed by atoms with van der Waals surface area (Å²) in [6.07, 6.45) is 2.74. The predicted octanol–water partition coefficient (Wildman–Crippen LogP) is 2.12. The van der Waals surface area contributed by atoms with Gasteiger partial charge in [-0.05, 0) is 44.8 Å². The van der Waals surface area contributed by atoms with Crippen molar-refractivity contribution in [2.24, 2.45) is 5.41 Å². The fraction of sp³-hybridized carbons (Fsp3) is 0.562. The highest BCUT2D eigenvalue weighted by molar-refractivity contribution is 5.82. The molecule has 3 heteroatoms. The lowest BCUT2D eigenvalue weighted by atomic mass is 9.80. The number of carbonyl (C=O) groups is 1.